The van der Waals surface area contributed by atoms with Gasteiger partial charge in [-0.05, 0) is 18.1 Å². The third-order valence-electron chi connectivity index (χ3n) is 5.52. The van der Waals surface area contributed by atoms with E-state index in [0.717, 1.165) is 13.0 Å². The predicted octanol–water partition coefficient (Wildman–Crippen LogP) is 5.34. The first-order valence-electron chi connectivity index (χ1n) is 8.74. The molecule has 1 aliphatic heterocycles. The molecule has 3 aromatic heterocycles. The highest BCUT2D eigenvalue weighted by Gasteiger charge is 2.21. The summed E-state index contributed by atoms with van der Waals surface area (Å²) in [6.07, 6.45) is 9.83. The van der Waals surface area contributed by atoms with E-state index >= 15 is 0 Å². The van der Waals surface area contributed by atoms with Gasteiger partial charge in [0.2, 0.25) is 0 Å². The van der Waals surface area contributed by atoms with Gasteiger partial charge in [-0.2, -0.15) is 0 Å². The van der Waals surface area contributed by atoms with E-state index in [1.165, 1.54) is 49.6 Å². The van der Waals surface area contributed by atoms with Gasteiger partial charge in [-0.1, -0.05) is 36.4 Å². The highest BCUT2D eigenvalue weighted by atomic mass is 15.0. The maximum absolute atomic E-state index is 3.40. The minimum absolute atomic E-state index is 1.09. The van der Waals surface area contributed by atoms with Gasteiger partial charge in [0.25, 0.3) is 0 Å². The van der Waals surface area contributed by atoms with Crippen molar-refractivity contribution in [3.8, 4) is 22.3 Å². The smallest absolute Gasteiger partial charge is 0.0520 e. The number of aryl methyl sites for hydroxylation is 2. The van der Waals surface area contributed by atoms with Crippen molar-refractivity contribution in [3.05, 3.63) is 72.8 Å². The Hall–Kier alpha value is -3.20. The molecule has 3 nitrogen and oxygen atoms in total. The molecule has 2 N–H and O–H groups in total. The van der Waals surface area contributed by atoms with Crippen LogP contribution in [-0.4, -0.2) is 14.5 Å². The number of hydrogen-bond acceptors (Lipinski definition) is 0. The van der Waals surface area contributed by atoms with E-state index < -0.39 is 0 Å². The minimum atomic E-state index is 1.09. The topological polar surface area (TPSA) is 36.5 Å². The molecule has 0 radical (unpaired) electrons. The second kappa shape index (κ2) is 4.67. The molecule has 0 unspecified atom stereocenters. The number of H-pyrrole nitrogens is 2. The lowest BCUT2D eigenvalue weighted by molar-refractivity contribution is 0.772. The molecule has 25 heavy (non-hydrogen) atoms. The molecule has 0 amide bonds. The molecule has 0 fully saturated rings. The normalized spacial score (nSPS) is 13.3. The highest BCUT2D eigenvalue weighted by Crippen LogP contribution is 2.41. The molecule has 120 valence electrons. The zero-order valence-electron chi connectivity index (χ0n) is 13.7. The van der Waals surface area contributed by atoms with E-state index in [2.05, 4.69) is 81.8 Å². The first-order valence-corrected chi connectivity index (χ1v) is 8.74. The Kier molecular flexibility index (Phi) is 2.45. The number of para-hydroxylation sites is 2. The van der Waals surface area contributed by atoms with Crippen LogP contribution in [0.25, 0.3) is 44.1 Å². The Morgan fingerprint density at radius 1 is 0.760 bits per heavy atom. The van der Waals surface area contributed by atoms with Gasteiger partial charge in [-0.15, -0.1) is 0 Å². The van der Waals surface area contributed by atoms with Crippen LogP contribution in [-0.2, 0) is 13.0 Å². The van der Waals surface area contributed by atoms with Crippen LogP contribution >= 0.6 is 0 Å². The molecule has 2 aromatic carbocycles. The lowest BCUT2D eigenvalue weighted by atomic mass is 9.97. The molecular weight excluding hydrogens is 306 g/mol. The number of hydrogen-bond donors (Lipinski definition) is 2. The summed E-state index contributed by atoms with van der Waals surface area (Å²) in [6.45, 7) is 1.09. The van der Waals surface area contributed by atoms with E-state index in [4.69, 9.17) is 0 Å². The zero-order valence-corrected chi connectivity index (χ0v) is 13.7. The Bertz CT molecular complexity index is 1250. The first kappa shape index (κ1) is 13.1. The first-order chi connectivity index (χ1) is 12.4. The summed E-state index contributed by atoms with van der Waals surface area (Å²) in [5.74, 6) is 0. The molecule has 6 rings (SSSR count). The molecule has 0 bridgehead atoms. The molecule has 0 spiro atoms. The molecule has 1 aliphatic rings. The van der Waals surface area contributed by atoms with Gasteiger partial charge >= 0.3 is 0 Å². The summed E-state index contributed by atoms with van der Waals surface area (Å²) in [5.41, 5.74) is 9.14. The average molecular weight is 323 g/mol. The number of aromatic amines is 2. The van der Waals surface area contributed by atoms with Gasteiger partial charge in [-0.3, -0.25) is 0 Å². The fourth-order valence-corrected chi connectivity index (χ4v) is 4.38. The quantitative estimate of drug-likeness (QED) is 0.440. The van der Waals surface area contributed by atoms with Crippen LogP contribution in [0.5, 0.6) is 0 Å². The summed E-state index contributed by atoms with van der Waals surface area (Å²) in [6, 6.07) is 15.2. The van der Waals surface area contributed by atoms with Crippen LogP contribution in [0.4, 0.5) is 0 Å². The lowest BCUT2D eigenvalue weighted by Gasteiger charge is -2.04. The van der Waals surface area contributed by atoms with Gasteiger partial charge in [-0.25, -0.2) is 0 Å². The van der Waals surface area contributed by atoms with Crippen LogP contribution in [0.1, 0.15) is 5.56 Å². The zero-order chi connectivity index (χ0) is 16.4. The Labute approximate surface area is 144 Å². The van der Waals surface area contributed by atoms with Crippen LogP contribution in [0.2, 0.25) is 0 Å². The van der Waals surface area contributed by atoms with Crippen LogP contribution < -0.4 is 0 Å². The van der Waals surface area contributed by atoms with Crippen molar-refractivity contribution >= 4 is 21.8 Å². The van der Waals surface area contributed by atoms with Gasteiger partial charge in [0.15, 0.2) is 0 Å². The number of nitrogens with zero attached hydrogens (tertiary/aromatic N) is 1. The Balaban J connectivity index is 1.63. The van der Waals surface area contributed by atoms with Crippen molar-refractivity contribution in [2.45, 2.75) is 13.0 Å². The second-order valence-corrected chi connectivity index (χ2v) is 6.83. The van der Waals surface area contributed by atoms with E-state index in [1.807, 2.05) is 0 Å². The molecule has 4 heterocycles. The fraction of sp³-hybridized carbons (Fsp3) is 0.0909. The molecule has 0 aliphatic carbocycles. The van der Waals surface area contributed by atoms with E-state index in [-0.39, 0.29) is 0 Å². The molecule has 0 saturated carbocycles. The number of fused-ring (bicyclic) bond motifs is 1. The summed E-state index contributed by atoms with van der Waals surface area (Å²) >= 11 is 0. The van der Waals surface area contributed by atoms with E-state index in [0.29, 0.717) is 0 Å². The number of rotatable bonds is 2. The molecule has 5 aromatic rings. The van der Waals surface area contributed by atoms with Gasteiger partial charge in [0.05, 0.1) is 5.52 Å². The third kappa shape index (κ3) is 1.70. The second-order valence-electron chi connectivity index (χ2n) is 6.83. The van der Waals surface area contributed by atoms with Crippen molar-refractivity contribution in [3.63, 3.8) is 0 Å². The standard InChI is InChI=1S/C22H17N3/c1-2-7-21-15(5-1)19(12-24-21)17-10-23-11-18(17)20-13-25-9-8-14-4-3-6-16(20)22(14)25/h1-7,10-13,23-24H,8-9H2. The van der Waals surface area contributed by atoms with Gasteiger partial charge in [0.1, 0.15) is 0 Å². The largest absolute Gasteiger partial charge is 0.366 e. The van der Waals surface area contributed by atoms with Gasteiger partial charge in [0, 0.05) is 69.9 Å². The Morgan fingerprint density at radius 2 is 1.60 bits per heavy atom. The summed E-state index contributed by atoms with van der Waals surface area (Å²) in [5, 5.41) is 2.62. The SMILES string of the molecule is c1ccc2c(-c3c[nH]cc3-c3cn4c5c(cccc35)CC4)c[nH]c2c1. The van der Waals surface area contributed by atoms with Crippen LogP contribution in [0, 0.1) is 0 Å². The van der Waals surface area contributed by atoms with Crippen LogP contribution in [0.15, 0.2) is 67.3 Å². The third-order valence-corrected chi connectivity index (χ3v) is 5.52. The molecular formula is C22H17N3. The van der Waals surface area contributed by atoms with Crippen molar-refractivity contribution in [2.24, 2.45) is 0 Å². The molecule has 3 heteroatoms. The summed E-state index contributed by atoms with van der Waals surface area (Å²) < 4.78 is 2.41. The maximum atomic E-state index is 3.40. The van der Waals surface area contributed by atoms with Crippen LogP contribution in [0.3, 0.4) is 0 Å². The highest BCUT2D eigenvalue weighted by molar-refractivity contribution is 6.05. The number of benzene rings is 2. The molecule has 0 saturated heterocycles. The maximum Gasteiger partial charge on any atom is 0.0520 e. The number of aromatic nitrogens is 3. The lowest BCUT2D eigenvalue weighted by Crippen LogP contribution is -1.88. The van der Waals surface area contributed by atoms with Crippen molar-refractivity contribution in [1.82, 2.24) is 14.5 Å². The average Bonchev–Trinajstić information content (AvgIpc) is 3.40. The van der Waals surface area contributed by atoms with Crippen molar-refractivity contribution in [2.75, 3.05) is 0 Å². The summed E-state index contributed by atoms with van der Waals surface area (Å²) in [7, 11) is 0. The fourth-order valence-electron chi connectivity index (χ4n) is 4.38. The number of nitrogens with one attached hydrogen (secondary N) is 2. The predicted molar refractivity (Wildman–Crippen MR) is 103 cm³/mol. The van der Waals surface area contributed by atoms with Gasteiger partial charge < -0.3 is 14.5 Å². The Morgan fingerprint density at radius 3 is 2.56 bits per heavy atom. The summed E-state index contributed by atoms with van der Waals surface area (Å²) in [4.78, 5) is 6.73. The molecule has 0 atom stereocenters. The van der Waals surface area contributed by atoms with E-state index in [9.17, 15) is 0 Å². The minimum Gasteiger partial charge on any atom is -0.366 e. The monoisotopic (exact) mass is 323 g/mol. The van der Waals surface area contributed by atoms with Crippen molar-refractivity contribution in [1.29, 1.82) is 0 Å². The van der Waals surface area contributed by atoms with Crippen molar-refractivity contribution < 1.29 is 0 Å². The van der Waals surface area contributed by atoms with E-state index in [1.54, 1.807) is 0 Å².